The van der Waals surface area contributed by atoms with Gasteiger partial charge in [0.05, 0.1) is 11.4 Å². The highest BCUT2D eigenvalue weighted by atomic mass is 79.9. The predicted octanol–water partition coefficient (Wildman–Crippen LogP) is 7.36. The first-order valence-electron chi connectivity index (χ1n) is 11.0. The maximum absolute atomic E-state index is 13.1. The first-order chi connectivity index (χ1) is 17.4. The third-order valence-electron chi connectivity index (χ3n) is 5.70. The number of carbonyl (C=O) groups excluding carboxylic acids is 2. The van der Waals surface area contributed by atoms with E-state index in [9.17, 15) is 14.0 Å². The van der Waals surface area contributed by atoms with Crippen LogP contribution in [0, 0.1) is 5.82 Å². The third kappa shape index (κ3) is 5.36. The largest absolute Gasteiger partial charge is 0.492 e. The Hall–Kier alpha value is -3.07. The Morgan fingerprint density at radius 2 is 1.78 bits per heavy atom. The molecule has 0 atom stereocenters. The minimum absolute atomic E-state index is 0.100. The zero-order chi connectivity index (χ0) is 25.2. The highest BCUT2D eigenvalue weighted by molar-refractivity contribution is 9.10. The minimum atomic E-state index is -0.361. The van der Waals surface area contributed by atoms with Crippen molar-refractivity contribution in [3.63, 3.8) is 0 Å². The Balaban J connectivity index is 1.36. The molecule has 182 valence electrons. The summed E-state index contributed by atoms with van der Waals surface area (Å²) in [6, 6.07) is 19.2. The van der Waals surface area contributed by atoms with E-state index in [4.69, 9.17) is 16.3 Å². The van der Waals surface area contributed by atoms with Crippen LogP contribution in [0.2, 0.25) is 5.02 Å². The van der Waals surface area contributed by atoms with Gasteiger partial charge in [-0.25, -0.2) is 4.39 Å². The first kappa shape index (κ1) is 24.6. The topological polar surface area (TPSA) is 51.5 Å². The fourth-order valence-electron chi connectivity index (χ4n) is 3.95. The van der Waals surface area contributed by atoms with Crippen LogP contribution in [0.15, 0.2) is 82.3 Å². The molecule has 0 N–H and O–H groups in total. The molecule has 1 fully saturated rings. The number of hydrogen-bond donors (Lipinski definition) is 0. The highest BCUT2D eigenvalue weighted by Crippen LogP contribution is 2.35. The Morgan fingerprint density at radius 3 is 2.53 bits per heavy atom. The number of halogens is 3. The van der Waals surface area contributed by atoms with E-state index in [0.717, 1.165) is 38.3 Å². The number of nitrogens with zero attached hydrogens (tertiary/aromatic N) is 2. The summed E-state index contributed by atoms with van der Waals surface area (Å²) in [5.74, 6) is -0.251. The van der Waals surface area contributed by atoms with Gasteiger partial charge in [-0.15, -0.1) is 0 Å². The molecule has 2 amide bonds. The lowest BCUT2D eigenvalue weighted by atomic mass is 10.1. The Labute approximate surface area is 224 Å². The Bertz CT molecular complexity index is 1490. The fourth-order valence-corrected chi connectivity index (χ4v) is 5.29. The number of ether oxygens (including phenoxy) is 1. The van der Waals surface area contributed by atoms with Gasteiger partial charge in [0.1, 0.15) is 18.2 Å². The first-order valence-corrected chi connectivity index (χ1v) is 13.0. The molecule has 2 heterocycles. The molecule has 1 aliphatic heterocycles. The zero-order valence-corrected chi connectivity index (χ0v) is 21.9. The molecule has 9 heteroatoms. The van der Waals surface area contributed by atoms with E-state index in [1.807, 2.05) is 48.7 Å². The smallest absolute Gasteiger partial charge is 0.293 e. The maximum atomic E-state index is 13.1. The quantitative estimate of drug-likeness (QED) is 0.213. The summed E-state index contributed by atoms with van der Waals surface area (Å²) in [6.45, 7) is 0.846. The van der Waals surface area contributed by atoms with E-state index in [-0.39, 0.29) is 30.1 Å². The molecule has 0 radical (unpaired) electrons. The van der Waals surface area contributed by atoms with Crippen LogP contribution in [-0.4, -0.2) is 33.8 Å². The molecule has 0 unspecified atom stereocenters. The van der Waals surface area contributed by atoms with Crippen LogP contribution in [0.25, 0.3) is 17.0 Å². The Kier molecular flexibility index (Phi) is 7.18. The van der Waals surface area contributed by atoms with Crippen LogP contribution in [0.5, 0.6) is 5.75 Å². The number of benzene rings is 3. The SMILES string of the molecule is O=C1S/C(=C\c2cn(Cc3ccc(Cl)cc3)c3ccc(Br)cc23)C(=O)N1CCOc1ccc(F)cc1. The second-order valence-electron chi connectivity index (χ2n) is 8.14. The van der Waals surface area contributed by atoms with Crippen molar-refractivity contribution in [2.45, 2.75) is 6.54 Å². The maximum Gasteiger partial charge on any atom is 0.293 e. The van der Waals surface area contributed by atoms with Crippen molar-refractivity contribution in [3.8, 4) is 5.75 Å². The lowest BCUT2D eigenvalue weighted by Gasteiger charge is -2.13. The molecular formula is C27H19BrClFN2O3S. The molecule has 0 saturated carbocycles. The molecule has 3 aromatic carbocycles. The summed E-state index contributed by atoms with van der Waals surface area (Å²) in [5, 5.41) is 1.30. The number of fused-ring (bicyclic) bond motifs is 1. The molecule has 1 aromatic heterocycles. The van der Waals surface area contributed by atoms with Crippen molar-refractivity contribution < 1.29 is 18.7 Å². The van der Waals surface area contributed by atoms with Gasteiger partial charge in [0.2, 0.25) is 0 Å². The Morgan fingerprint density at radius 1 is 1.03 bits per heavy atom. The average Bonchev–Trinajstić information content (AvgIpc) is 3.32. The van der Waals surface area contributed by atoms with Gasteiger partial charge in [-0.2, -0.15) is 0 Å². The average molecular weight is 586 g/mol. The monoisotopic (exact) mass is 584 g/mol. The van der Waals surface area contributed by atoms with Gasteiger partial charge in [0.25, 0.3) is 11.1 Å². The lowest BCUT2D eigenvalue weighted by molar-refractivity contribution is -0.123. The number of hydrogen-bond acceptors (Lipinski definition) is 4. The van der Waals surface area contributed by atoms with Gasteiger partial charge in [0.15, 0.2) is 0 Å². The van der Waals surface area contributed by atoms with Crippen LogP contribution in [-0.2, 0) is 11.3 Å². The van der Waals surface area contributed by atoms with Crippen LogP contribution in [0.1, 0.15) is 11.1 Å². The number of carbonyl (C=O) groups is 2. The molecule has 0 aliphatic carbocycles. The third-order valence-corrected chi connectivity index (χ3v) is 7.35. The lowest BCUT2D eigenvalue weighted by Crippen LogP contribution is -2.32. The summed E-state index contributed by atoms with van der Waals surface area (Å²) in [6.07, 6.45) is 3.75. The van der Waals surface area contributed by atoms with Crippen molar-refractivity contribution in [1.82, 2.24) is 9.47 Å². The number of thioether (sulfide) groups is 1. The second-order valence-corrected chi connectivity index (χ2v) is 10.5. The molecule has 1 saturated heterocycles. The molecule has 1 aliphatic rings. The van der Waals surface area contributed by atoms with E-state index in [2.05, 4.69) is 20.5 Å². The van der Waals surface area contributed by atoms with Gasteiger partial charge in [-0.05, 0) is 78.0 Å². The standard InChI is InChI=1S/C27H19BrClFN2O3S/c28-19-3-10-24-23(14-19)18(16-31(24)15-17-1-4-20(29)5-2-17)13-25-26(33)32(27(34)36-25)11-12-35-22-8-6-21(30)7-9-22/h1-10,13-14,16H,11-12,15H2/b25-13-. The van der Waals surface area contributed by atoms with Crippen molar-refractivity contribution in [1.29, 1.82) is 0 Å². The summed E-state index contributed by atoms with van der Waals surface area (Å²) in [4.78, 5) is 27.1. The van der Waals surface area contributed by atoms with E-state index in [0.29, 0.717) is 22.2 Å². The predicted molar refractivity (Wildman–Crippen MR) is 145 cm³/mol. The summed E-state index contributed by atoms with van der Waals surface area (Å²) in [7, 11) is 0. The van der Waals surface area contributed by atoms with E-state index in [1.54, 1.807) is 6.08 Å². The van der Waals surface area contributed by atoms with Crippen molar-refractivity contribution >= 4 is 67.4 Å². The fraction of sp³-hybridized carbons (Fsp3) is 0.111. The van der Waals surface area contributed by atoms with E-state index in [1.165, 1.54) is 29.2 Å². The molecule has 0 spiro atoms. The number of amides is 2. The van der Waals surface area contributed by atoms with Crippen molar-refractivity contribution in [2.75, 3.05) is 13.2 Å². The van der Waals surface area contributed by atoms with Crippen LogP contribution in [0.4, 0.5) is 9.18 Å². The van der Waals surface area contributed by atoms with E-state index < -0.39 is 0 Å². The summed E-state index contributed by atoms with van der Waals surface area (Å²) in [5.41, 5.74) is 2.94. The molecule has 0 bridgehead atoms. The molecule has 36 heavy (non-hydrogen) atoms. The van der Waals surface area contributed by atoms with Crippen LogP contribution in [0.3, 0.4) is 0 Å². The highest BCUT2D eigenvalue weighted by Gasteiger charge is 2.35. The number of imide groups is 1. The van der Waals surface area contributed by atoms with Gasteiger partial charge in [0, 0.05) is 38.7 Å². The van der Waals surface area contributed by atoms with Crippen molar-refractivity contribution in [2.24, 2.45) is 0 Å². The molecule has 5 rings (SSSR count). The normalized spacial score (nSPS) is 14.9. The minimum Gasteiger partial charge on any atom is -0.492 e. The van der Waals surface area contributed by atoms with Crippen molar-refractivity contribution in [3.05, 3.63) is 104 Å². The summed E-state index contributed by atoms with van der Waals surface area (Å²) >= 11 is 10.5. The van der Waals surface area contributed by atoms with Gasteiger partial charge >= 0.3 is 0 Å². The molecule has 4 aromatic rings. The van der Waals surface area contributed by atoms with Crippen LogP contribution >= 0.6 is 39.3 Å². The van der Waals surface area contributed by atoms with Gasteiger partial charge in [-0.3, -0.25) is 14.5 Å². The van der Waals surface area contributed by atoms with Gasteiger partial charge < -0.3 is 9.30 Å². The molecule has 5 nitrogen and oxygen atoms in total. The number of rotatable bonds is 7. The zero-order valence-electron chi connectivity index (χ0n) is 18.8. The number of aromatic nitrogens is 1. The van der Waals surface area contributed by atoms with Crippen LogP contribution < -0.4 is 4.74 Å². The molecular weight excluding hydrogens is 567 g/mol. The van der Waals surface area contributed by atoms with E-state index >= 15 is 0 Å². The van der Waals surface area contributed by atoms with Gasteiger partial charge in [-0.1, -0.05) is 39.7 Å². The second kappa shape index (κ2) is 10.5. The summed E-state index contributed by atoms with van der Waals surface area (Å²) < 4.78 is 21.6.